The normalized spacial score (nSPS) is 21.4. The van der Waals surface area contributed by atoms with Crippen molar-refractivity contribution in [2.45, 2.75) is 40.5 Å². The van der Waals surface area contributed by atoms with Gasteiger partial charge in [-0.3, -0.25) is 15.1 Å². The molecule has 2 N–H and O–H groups in total. The number of aliphatic carboxylic acids is 1. The van der Waals surface area contributed by atoms with E-state index in [1.54, 1.807) is 30.5 Å². The minimum Gasteiger partial charge on any atom is -0.481 e. The molecule has 6 heteroatoms. The first-order chi connectivity index (χ1) is 15.0. The van der Waals surface area contributed by atoms with Gasteiger partial charge in [0.15, 0.2) is 0 Å². The molecule has 0 saturated heterocycles. The number of nitrogens with one attached hydrogen (secondary N) is 1. The molecule has 0 aliphatic heterocycles. The topological polar surface area (TPSA) is 91.6 Å². The molecule has 1 unspecified atom stereocenters. The lowest BCUT2D eigenvalue weighted by atomic mass is 9.79. The lowest BCUT2D eigenvalue weighted by Crippen LogP contribution is -2.28. The van der Waals surface area contributed by atoms with Crippen LogP contribution in [0, 0.1) is 27.6 Å². The highest BCUT2D eigenvalue weighted by atomic mass is 16.6. The first kappa shape index (κ1) is 23.4. The second-order valence-electron chi connectivity index (χ2n) is 9.81. The van der Waals surface area contributed by atoms with Crippen molar-refractivity contribution in [2.75, 3.05) is 6.61 Å². The Morgan fingerprint density at radius 3 is 2.41 bits per heavy atom. The molecule has 2 aromatic carbocycles. The Hall–Kier alpha value is -3.30. The van der Waals surface area contributed by atoms with Crippen LogP contribution < -0.4 is 10.2 Å². The summed E-state index contributed by atoms with van der Waals surface area (Å²) in [7, 11) is 0. The molecule has 168 valence electrons. The van der Waals surface area contributed by atoms with E-state index in [9.17, 15) is 15.2 Å². The van der Waals surface area contributed by atoms with Gasteiger partial charge < -0.3 is 9.84 Å². The summed E-state index contributed by atoms with van der Waals surface area (Å²) in [5.74, 6) is -0.721. The summed E-state index contributed by atoms with van der Waals surface area (Å²) >= 11 is 0. The SMILES string of the molecule is CC(C)(C)CONC=C1C(C)(C)[C@]1(C(=O)O)C(C#N)c1cccc(Oc2ccccc2)c1. The number of benzene rings is 2. The van der Waals surface area contributed by atoms with E-state index in [4.69, 9.17) is 9.57 Å². The fourth-order valence-corrected chi connectivity index (χ4v) is 4.20. The van der Waals surface area contributed by atoms with Crippen LogP contribution in [0.5, 0.6) is 11.5 Å². The second kappa shape index (κ2) is 8.68. The Kier molecular flexibility index (Phi) is 6.34. The van der Waals surface area contributed by atoms with Gasteiger partial charge in [0, 0.05) is 11.6 Å². The van der Waals surface area contributed by atoms with E-state index in [0.29, 0.717) is 29.2 Å². The Morgan fingerprint density at radius 1 is 1.16 bits per heavy atom. The zero-order valence-electron chi connectivity index (χ0n) is 19.2. The van der Waals surface area contributed by atoms with Gasteiger partial charge in [-0.2, -0.15) is 5.26 Å². The maximum Gasteiger partial charge on any atom is 0.316 e. The number of hydrogen-bond donors (Lipinski definition) is 2. The number of nitrogens with zero attached hydrogens (tertiary/aromatic N) is 1. The third-order valence-corrected chi connectivity index (χ3v) is 5.88. The van der Waals surface area contributed by atoms with E-state index in [1.807, 2.05) is 65.0 Å². The minimum absolute atomic E-state index is 0.0388. The molecular formula is C26H30N2O4. The first-order valence-electron chi connectivity index (χ1n) is 10.6. The maximum absolute atomic E-state index is 12.6. The van der Waals surface area contributed by atoms with Crippen LogP contribution in [0.4, 0.5) is 0 Å². The summed E-state index contributed by atoms with van der Waals surface area (Å²) in [5, 5.41) is 20.4. The lowest BCUT2D eigenvalue weighted by molar-refractivity contribution is -0.144. The summed E-state index contributed by atoms with van der Waals surface area (Å²) in [5.41, 5.74) is 1.86. The standard InChI is InChI=1S/C26H30N2O4/c1-24(2,3)17-31-28-16-22-25(4,5)26(22,23(29)30)21(15-27)18-10-9-13-20(14-18)32-19-11-7-6-8-12-19/h6-14,16,21,28H,17H2,1-5H3,(H,29,30)/t21?,26-/m1/s1. The number of rotatable bonds is 8. The minimum atomic E-state index is -1.37. The highest BCUT2D eigenvalue weighted by Crippen LogP contribution is 2.74. The van der Waals surface area contributed by atoms with E-state index in [-0.39, 0.29) is 5.41 Å². The number of para-hydroxylation sites is 1. The van der Waals surface area contributed by atoms with E-state index in [0.717, 1.165) is 0 Å². The predicted molar refractivity (Wildman–Crippen MR) is 122 cm³/mol. The molecule has 0 amide bonds. The van der Waals surface area contributed by atoms with Gasteiger partial charge in [-0.05, 0) is 40.8 Å². The van der Waals surface area contributed by atoms with Gasteiger partial charge in [-0.1, -0.05) is 65.0 Å². The van der Waals surface area contributed by atoms with Gasteiger partial charge in [0.2, 0.25) is 0 Å². The smallest absolute Gasteiger partial charge is 0.316 e. The molecule has 2 atom stereocenters. The van der Waals surface area contributed by atoms with Crippen molar-refractivity contribution in [3.63, 3.8) is 0 Å². The van der Waals surface area contributed by atoms with Crippen LogP contribution >= 0.6 is 0 Å². The molecule has 0 radical (unpaired) electrons. The zero-order valence-corrected chi connectivity index (χ0v) is 19.2. The van der Waals surface area contributed by atoms with E-state index in [2.05, 4.69) is 11.5 Å². The summed E-state index contributed by atoms with van der Waals surface area (Å²) in [4.78, 5) is 18.1. The Balaban J connectivity index is 1.91. The number of hydroxylamine groups is 1. The number of hydrogen-bond acceptors (Lipinski definition) is 5. The molecule has 1 aliphatic carbocycles. The van der Waals surface area contributed by atoms with Crippen LogP contribution in [-0.4, -0.2) is 17.7 Å². The van der Waals surface area contributed by atoms with Gasteiger partial charge in [-0.25, -0.2) is 0 Å². The van der Waals surface area contributed by atoms with Crippen molar-refractivity contribution in [3.05, 3.63) is 71.9 Å². The average molecular weight is 435 g/mol. The maximum atomic E-state index is 12.6. The lowest BCUT2D eigenvalue weighted by Gasteiger charge is -2.21. The van der Waals surface area contributed by atoms with E-state index in [1.165, 1.54) is 0 Å². The molecule has 32 heavy (non-hydrogen) atoms. The fourth-order valence-electron chi connectivity index (χ4n) is 4.20. The second-order valence-corrected chi connectivity index (χ2v) is 9.81. The summed E-state index contributed by atoms with van der Waals surface area (Å²) < 4.78 is 5.89. The third-order valence-electron chi connectivity index (χ3n) is 5.88. The molecular weight excluding hydrogens is 404 g/mol. The molecule has 0 aromatic heterocycles. The molecule has 0 bridgehead atoms. The van der Waals surface area contributed by atoms with Crippen molar-refractivity contribution in [1.82, 2.24) is 5.48 Å². The van der Waals surface area contributed by atoms with Crippen LogP contribution in [0.1, 0.15) is 46.1 Å². The van der Waals surface area contributed by atoms with Crippen molar-refractivity contribution >= 4 is 5.97 Å². The van der Waals surface area contributed by atoms with Crippen LogP contribution in [0.3, 0.4) is 0 Å². The fraction of sp³-hybridized carbons (Fsp3) is 0.385. The summed E-state index contributed by atoms with van der Waals surface area (Å²) in [6.45, 7) is 10.3. The molecule has 1 fully saturated rings. The number of carboxylic acid groups (broad SMARTS) is 1. The first-order valence-corrected chi connectivity index (χ1v) is 10.6. The predicted octanol–water partition coefficient (Wildman–Crippen LogP) is 5.65. The summed E-state index contributed by atoms with van der Waals surface area (Å²) in [6.07, 6.45) is 1.59. The average Bonchev–Trinajstić information content (AvgIpc) is 3.22. The van der Waals surface area contributed by atoms with Gasteiger partial charge in [0.1, 0.15) is 16.9 Å². The van der Waals surface area contributed by atoms with E-state index < -0.39 is 22.7 Å². The third kappa shape index (κ3) is 4.35. The Morgan fingerprint density at radius 2 is 1.81 bits per heavy atom. The van der Waals surface area contributed by atoms with Gasteiger partial charge in [0.25, 0.3) is 0 Å². The van der Waals surface area contributed by atoms with Gasteiger partial charge in [0.05, 0.1) is 18.6 Å². The van der Waals surface area contributed by atoms with Crippen molar-refractivity contribution in [2.24, 2.45) is 16.2 Å². The van der Waals surface area contributed by atoms with Gasteiger partial charge >= 0.3 is 5.97 Å². The quantitative estimate of drug-likeness (QED) is 0.412. The van der Waals surface area contributed by atoms with Crippen molar-refractivity contribution < 1.29 is 19.5 Å². The molecule has 0 spiro atoms. The van der Waals surface area contributed by atoms with E-state index >= 15 is 0 Å². The van der Waals surface area contributed by atoms with Crippen LogP contribution in [0.25, 0.3) is 0 Å². The monoisotopic (exact) mass is 434 g/mol. The number of ether oxygens (including phenoxy) is 1. The number of carboxylic acids is 1. The van der Waals surface area contributed by atoms with Crippen molar-refractivity contribution in [3.8, 4) is 17.6 Å². The Labute approximate surface area is 189 Å². The highest BCUT2D eigenvalue weighted by molar-refractivity contribution is 5.90. The molecule has 3 rings (SSSR count). The largest absolute Gasteiger partial charge is 0.481 e. The molecule has 6 nitrogen and oxygen atoms in total. The molecule has 1 saturated carbocycles. The molecule has 2 aromatic rings. The van der Waals surface area contributed by atoms with Crippen LogP contribution in [-0.2, 0) is 9.63 Å². The zero-order chi connectivity index (χ0) is 23.6. The van der Waals surface area contributed by atoms with Crippen LogP contribution in [0.15, 0.2) is 66.4 Å². The molecule has 1 aliphatic rings. The summed E-state index contributed by atoms with van der Waals surface area (Å²) in [6, 6.07) is 18.6. The Bertz CT molecular complexity index is 1050. The van der Waals surface area contributed by atoms with Crippen LogP contribution in [0.2, 0.25) is 0 Å². The number of nitriles is 1. The number of carbonyl (C=O) groups is 1. The highest BCUT2D eigenvalue weighted by Gasteiger charge is 2.76. The van der Waals surface area contributed by atoms with Crippen molar-refractivity contribution in [1.29, 1.82) is 5.26 Å². The van der Waals surface area contributed by atoms with Gasteiger partial charge in [-0.15, -0.1) is 0 Å². The molecule has 0 heterocycles.